The summed E-state index contributed by atoms with van der Waals surface area (Å²) in [5, 5.41) is 7.16. The molecule has 1 heterocycles. The molecule has 8 heteroatoms. The lowest BCUT2D eigenvalue weighted by Crippen LogP contribution is -2.12. The fourth-order valence-corrected chi connectivity index (χ4v) is 2.25. The van der Waals surface area contributed by atoms with E-state index in [0.29, 0.717) is 12.4 Å². The van der Waals surface area contributed by atoms with E-state index >= 15 is 0 Å². The minimum Gasteiger partial charge on any atom is -0.374 e. The van der Waals surface area contributed by atoms with Crippen LogP contribution in [0.25, 0.3) is 0 Å². The van der Waals surface area contributed by atoms with Crippen molar-refractivity contribution in [2.75, 3.05) is 7.11 Å². The molecule has 0 N–H and O–H groups in total. The normalized spacial score (nSPS) is 14.0. The minimum atomic E-state index is -3.87. The fraction of sp³-hybridized carbons (Fsp3) is 0.750. The first kappa shape index (κ1) is 13.4. The first-order valence-electron chi connectivity index (χ1n) is 4.82. The van der Waals surface area contributed by atoms with Crippen LogP contribution in [-0.2, 0) is 20.3 Å². The van der Waals surface area contributed by atoms with Gasteiger partial charge in [-0.3, -0.25) is 4.57 Å². The zero-order valence-corrected chi connectivity index (χ0v) is 10.9. The van der Waals surface area contributed by atoms with Crippen molar-refractivity contribution >= 4 is 19.7 Å². The van der Waals surface area contributed by atoms with Crippen LogP contribution >= 0.6 is 10.7 Å². The number of rotatable bonds is 5. The molecular weight excluding hydrogens is 254 g/mol. The first-order chi connectivity index (χ1) is 7.41. The smallest absolute Gasteiger partial charge is 0.296 e. The van der Waals surface area contributed by atoms with Crippen molar-refractivity contribution in [2.45, 2.75) is 38.1 Å². The van der Waals surface area contributed by atoms with Gasteiger partial charge in [0, 0.05) is 24.3 Å². The summed E-state index contributed by atoms with van der Waals surface area (Å²) in [7, 11) is 2.92. The molecule has 0 aromatic carbocycles. The van der Waals surface area contributed by atoms with Crippen LogP contribution < -0.4 is 0 Å². The molecule has 0 fully saturated rings. The Morgan fingerprint density at radius 3 is 2.56 bits per heavy atom. The topological polar surface area (TPSA) is 74.1 Å². The van der Waals surface area contributed by atoms with E-state index < -0.39 is 9.05 Å². The molecule has 1 aromatic rings. The minimum absolute atomic E-state index is 0.227. The second kappa shape index (κ2) is 5.11. The quantitative estimate of drug-likeness (QED) is 0.753. The van der Waals surface area contributed by atoms with Gasteiger partial charge in [-0.05, 0) is 13.3 Å². The summed E-state index contributed by atoms with van der Waals surface area (Å²) in [6.07, 6.45) is 0.423. The molecule has 6 nitrogen and oxygen atoms in total. The summed E-state index contributed by atoms with van der Waals surface area (Å²) in [5.41, 5.74) is 0. The highest BCUT2D eigenvalue weighted by atomic mass is 35.7. The Kier molecular flexibility index (Phi) is 4.28. The number of halogens is 1. The molecule has 1 aromatic heterocycles. The van der Waals surface area contributed by atoms with Gasteiger partial charge in [0.15, 0.2) is 5.82 Å². The molecule has 92 valence electrons. The zero-order valence-electron chi connectivity index (χ0n) is 9.34. The Labute approximate surface area is 99.0 Å². The van der Waals surface area contributed by atoms with Gasteiger partial charge in [-0.25, -0.2) is 8.42 Å². The molecule has 0 aliphatic carbocycles. The van der Waals surface area contributed by atoms with Gasteiger partial charge in [-0.1, -0.05) is 6.92 Å². The number of hydrogen-bond acceptors (Lipinski definition) is 5. The maximum atomic E-state index is 11.3. The Morgan fingerprint density at radius 1 is 1.50 bits per heavy atom. The van der Waals surface area contributed by atoms with E-state index in [1.165, 1.54) is 11.7 Å². The Bertz CT molecular complexity index is 457. The van der Waals surface area contributed by atoms with E-state index in [1.54, 1.807) is 6.92 Å². The molecule has 0 saturated heterocycles. The van der Waals surface area contributed by atoms with Crippen molar-refractivity contribution in [1.82, 2.24) is 14.8 Å². The molecule has 0 amide bonds. The van der Waals surface area contributed by atoms with Crippen molar-refractivity contribution < 1.29 is 13.2 Å². The molecule has 1 unspecified atom stereocenters. The Hall–Kier alpha value is -0.660. The lowest BCUT2D eigenvalue weighted by molar-refractivity contribution is 0.108. The molecule has 1 rings (SSSR count). The third-order valence-corrected chi connectivity index (χ3v) is 3.28. The third-order valence-electron chi connectivity index (χ3n) is 2.13. The molecule has 0 spiro atoms. The van der Waals surface area contributed by atoms with Crippen molar-refractivity contribution in [2.24, 2.45) is 0 Å². The largest absolute Gasteiger partial charge is 0.374 e. The van der Waals surface area contributed by atoms with Crippen molar-refractivity contribution in [3.63, 3.8) is 0 Å². The van der Waals surface area contributed by atoms with Gasteiger partial charge in [-0.2, -0.15) is 0 Å². The highest BCUT2D eigenvalue weighted by Gasteiger charge is 2.24. The Morgan fingerprint density at radius 2 is 2.12 bits per heavy atom. The molecule has 0 radical (unpaired) electrons. The molecule has 0 aliphatic rings. The zero-order chi connectivity index (χ0) is 12.3. The molecule has 0 aliphatic heterocycles. The first-order valence-corrected chi connectivity index (χ1v) is 7.13. The van der Waals surface area contributed by atoms with Crippen LogP contribution in [0.4, 0.5) is 0 Å². The van der Waals surface area contributed by atoms with Gasteiger partial charge in [0.05, 0.1) is 0 Å². The summed E-state index contributed by atoms with van der Waals surface area (Å²) >= 11 is 0. The number of ether oxygens (including phenoxy) is 1. The molecule has 0 saturated carbocycles. The summed E-state index contributed by atoms with van der Waals surface area (Å²) in [4.78, 5) is 0. The van der Waals surface area contributed by atoms with Crippen molar-refractivity contribution in [3.05, 3.63) is 5.82 Å². The van der Waals surface area contributed by atoms with E-state index in [-0.39, 0.29) is 11.3 Å². The average Bonchev–Trinajstić information content (AvgIpc) is 2.60. The number of nitrogens with zero attached hydrogens (tertiary/aromatic N) is 3. The van der Waals surface area contributed by atoms with Gasteiger partial charge >= 0.3 is 0 Å². The second-order valence-corrected chi connectivity index (χ2v) is 5.77. The van der Waals surface area contributed by atoms with Crippen LogP contribution in [0.5, 0.6) is 0 Å². The van der Waals surface area contributed by atoms with Gasteiger partial charge in [0.1, 0.15) is 6.10 Å². The maximum absolute atomic E-state index is 11.3. The van der Waals surface area contributed by atoms with E-state index in [4.69, 9.17) is 15.4 Å². The number of methoxy groups -OCH3 is 1. The Balaban J connectivity index is 3.27. The number of hydrogen-bond donors (Lipinski definition) is 0. The fourth-order valence-electron chi connectivity index (χ4n) is 1.32. The van der Waals surface area contributed by atoms with Gasteiger partial charge in [-0.15, -0.1) is 10.2 Å². The highest BCUT2D eigenvalue weighted by molar-refractivity contribution is 8.13. The van der Waals surface area contributed by atoms with Crippen LogP contribution in [0, 0.1) is 0 Å². The SMILES string of the molecule is CCCn1c(C(C)OC)nnc1S(=O)(=O)Cl. The van der Waals surface area contributed by atoms with Gasteiger partial charge in [0.25, 0.3) is 14.2 Å². The van der Waals surface area contributed by atoms with Gasteiger partial charge < -0.3 is 4.74 Å². The third kappa shape index (κ3) is 2.72. The van der Waals surface area contributed by atoms with Crippen LogP contribution in [-0.4, -0.2) is 30.3 Å². The van der Waals surface area contributed by atoms with Crippen molar-refractivity contribution in [3.8, 4) is 0 Å². The van der Waals surface area contributed by atoms with Crippen molar-refractivity contribution in [1.29, 1.82) is 0 Å². The predicted octanol–water partition coefficient (Wildman–Crippen LogP) is 1.32. The van der Waals surface area contributed by atoms with E-state index in [2.05, 4.69) is 10.2 Å². The van der Waals surface area contributed by atoms with Crippen LogP contribution in [0.1, 0.15) is 32.2 Å². The summed E-state index contributed by atoms with van der Waals surface area (Å²) < 4.78 is 29.1. The van der Waals surface area contributed by atoms with Crippen LogP contribution in [0.3, 0.4) is 0 Å². The standard InChI is InChI=1S/C8H14ClN3O3S/c1-4-5-12-7(6(2)15-3)10-11-8(12)16(9,13)14/h6H,4-5H2,1-3H3. The lowest BCUT2D eigenvalue weighted by atomic mass is 10.3. The monoisotopic (exact) mass is 267 g/mol. The molecule has 0 bridgehead atoms. The average molecular weight is 268 g/mol. The second-order valence-electron chi connectivity index (χ2n) is 3.31. The van der Waals surface area contributed by atoms with E-state index in [9.17, 15) is 8.42 Å². The van der Waals surface area contributed by atoms with Crippen LogP contribution in [0.2, 0.25) is 0 Å². The van der Waals surface area contributed by atoms with E-state index in [1.807, 2.05) is 6.92 Å². The summed E-state index contributed by atoms with van der Waals surface area (Å²) in [6.45, 7) is 4.17. The van der Waals surface area contributed by atoms with Gasteiger partial charge in [0.2, 0.25) is 0 Å². The van der Waals surface area contributed by atoms with Crippen LogP contribution in [0.15, 0.2) is 5.16 Å². The summed E-state index contributed by atoms with van der Waals surface area (Å²) in [6, 6.07) is 0. The highest BCUT2D eigenvalue weighted by Crippen LogP contribution is 2.20. The number of aromatic nitrogens is 3. The lowest BCUT2D eigenvalue weighted by Gasteiger charge is -2.11. The predicted molar refractivity (Wildman–Crippen MR) is 58.8 cm³/mol. The molecular formula is C8H14ClN3O3S. The summed E-state index contributed by atoms with van der Waals surface area (Å²) in [5.74, 6) is 0.462. The molecule has 1 atom stereocenters. The van der Waals surface area contributed by atoms with E-state index in [0.717, 1.165) is 6.42 Å². The molecule has 16 heavy (non-hydrogen) atoms. The maximum Gasteiger partial charge on any atom is 0.296 e.